The van der Waals surface area contributed by atoms with Gasteiger partial charge in [0.1, 0.15) is 0 Å². The van der Waals surface area contributed by atoms with E-state index in [0.29, 0.717) is 11.5 Å². The van der Waals surface area contributed by atoms with E-state index in [9.17, 15) is 15.2 Å². The molecule has 0 radical (unpaired) electrons. The van der Waals surface area contributed by atoms with Crippen LogP contribution in [0.3, 0.4) is 0 Å². The predicted octanol–water partition coefficient (Wildman–Crippen LogP) is 2.49. The number of phenolic OH excluding ortho intramolecular Hbond substituents is 1. The summed E-state index contributed by atoms with van der Waals surface area (Å²) in [4.78, 5) is 10.1. The Balaban J connectivity index is 2.51. The molecule has 1 aromatic rings. The summed E-state index contributed by atoms with van der Waals surface area (Å²) in [6, 6.07) is 3.32. The molecule has 0 bridgehead atoms. The number of hydrogen-bond acceptors (Lipinski definition) is 3. The van der Waals surface area contributed by atoms with Gasteiger partial charge in [-0.15, -0.1) is 0 Å². The highest BCUT2D eigenvalue weighted by Crippen LogP contribution is 2.43. The zero-order chi connectivity index (χ0) is 10.3. The Hall–Kier alpha value is -1.58. The van der Waals surface area contributed by atoms with E-state index in [1.807, 2.05) is 6.07 Å². The number of nitrogens with zero attached hydrogens (tertiary/aromatic N) is 1. The van der Waals surface area contributed by atoms with E-state index < -0.39 is 4.92 Å². The molecule has 0 heterocycles. The minimum Gasteiger partial charge on any atom is -0.502 e. The van der Waals surface area contributed by atoms with Gasteiger partial charge in [0.05, 0.1) is 4.92 Å². The normalized spacial score (nSPS) is 15.5. The fourth-order valence-corrected chi connectivity index (χ4v) is 1.58. The molecule has 0 spiro atoms. The van der Waals surface area contributed by atoms with Crippen molar-refractivity contribution in [3.8, 4) is 5.75 Å². The van der Waals surface area contributed by atoms with Gasteiger partial charge in [0.15, 0.2) is 5.75 Å². The summed E-state index contributed by atoms with van der Waals surface area (Å²) in [5.74, 6) is 0.257. The molecule has 0 atom stereocenters. The van der Waals surface area contributed by atoms with Gasteiger partial charge in [-0.1, -0.05) is 6.07 Å². The maximum Gasteiger partial charge on any atom is 0.311 e. The van der Waals surface area contributed by atoms with Crippen LogP contribution in [0.1, 0.15) is 29.9 Å². The molecule has 1 fully saturated rings. The SMILES string of the molecule is Cc1cc(C2CC2)cc([N+](=O)[O-])c1O. The average molecular weight is 193 g/mol. The van der Waals surface area contributed by atoms with E-state index in [-0.39, 0.29) is 11.4 Å². The summed E-state index contributed by atoms with van der Waals surface area (Å²) < 4.78 is 0. The van der Waals surface area contributed by atoms with E-state index in [2.05, 4.69) is 0 Å². The van der Waals surface area contributed by atoms with Crippen molar-refractivity contribution in [3.05, 3.63) is 33.4 Å². The van der Waals surface area contributed by atoms with Gasteiger partial charge in [-0.05, 0) is 36.8 Å². The third-order valence-electron chi connectivity index (χ3n) is 2.55. The van der Waals surface area contributed by atoms with E-state index in [4.69, 9.17) is 0 Å². The van der Waals surface area contributed by atoms with Crippen LogP contribution in [0.2, 0.25) is 0 Å². The minimum atomic E-state index is -0.534. The van der Waals surface area contributed by atoms with E-state index in [1.54, 1.807) is 6.92 Å². The monoisotopic (exact) mass is 193 g/mol. The molecule has 14 heavy (non-hydrogen) atoms. The van der Waals surface area contributed by atoms with Gasteiger partial charge in [-0.3, -0.25) is 10.1 Å². The fraction of sp³-hybridized carbons (Fsp3) is 0.400. The first-order chi connectivity index (χ1) is 6.59. The third-order valence-corrected chi connectivity index (χ3v) is 2.55. The van der Waals surface area contributed by atoms with E-state index in [0.717, 1.165) is 18.4 Å². The molecule has 0 saturated heterocycles. The Morgan fingerprint density at radius 2 is 2.14 bits per heavy atom. The molecule has 1 saturated carbocycles. The maximum absolute atomic E-state index is 10.6. The largest absolute Gasteiger partial charge is 0.502 e. The molecule has 0 aromatic heterocycles. The zero-order valence-corrected chi connectivity index (χ0v) is 7.86. The van der Waals surface area contributed by atoms with Crippen molar-refractivity contribution in [1.82, 2.24) is 0 Å². The Kier molecular flexibility index (Phi) is 1.91. The van der Waals surface area contributed by atoms with Crippen LogP contribution in [-0.4, -0.2) is 10.0 Å². The number of aromatic hydroxyl groups is 1. The number of hydrogen-bond donors (Lipinski definition) is 1. The topological polar surface area (TPSA) is 63.4 Å². The number of rotatable bonds is 2. The lowest BCUT2D eigenvalue weighted by molar-refractivity contribution is -0.386. The van der Waals surface area contributed by atoms with E-state index in [1.165, 1.54) is 6.07 Å². The highest BCUT2D eigenvalue weighted by Gasteiger charge is 2.27. The van der Waals surface area contributed by atoms with Gasteiger partial charge < -0.3 is 5.11 Å². The molecule has 4 nitrogen and oxygen atoms in total. The molecule has 74 valence electrons. The summed E-state index contributed by atoms with van der Waals surface area (Å²) >= 11 is 0. The molecule has 0 unspecified atom stereocenters. The number of benzene rings is 1. The molecule has 4 heteroatoms. The fourth-order valence-electron chi connectivity index (χ4n) is 1.58. The van der Waals surface area contributed by atoms with E-state index >= 15 is 0 Å². The lowest BCUT2D eigenvalue weighted by Gasteiger charge is -2.03. The van der Waals surface area contributed by atoms with Crippen molar-refractivity contribution in [1.29, 1.82) is 0 Å². The van der Waals surface area contributed by atoms with Crippen molar-refractivity contribution >= 4 is 5.69 Å². The third kappa shape index (κ3) is 1.43. The van der Waals surface area contributed by atoms with Crippen LogP contribution >= 0.6 is 0 Å². The lowest BCUT2D eigenvalue weighted by Crippen LogP contribution is -1.92. The van der Waals surface area contributed by atoms with Crippen LogP contribution in [0.5, 0.6) is 5.75 Å². The number of nitro benzene ring substituents is 1. The van der Waals surface area contributed by atoms with Crippen LogP contribution in [0, 0.1) is 17.0 Å². The summed E-state index contributed by atoms with van der Waals surface area (Å²) in [5.41, 5.74) is 1.39. The molecule has 1 aliphatic carbocycles. The van der Waals surface area contributed by atoms with Gasteiger partial charge in [-0.25, -0.2) is 0 Å². The molecular weight excluding hydrogens is 182 g/mol. The molecule has 1 aliphatic rings. The van der Waals surface area contributed by atoms with Crippen molar-refractivity contribution in [2.75, 3.05) is 0 Å². The first-order valence-corrected chi connectivity index (χ1v) is 4.57. The van der Waals surface area contributed by atoms with Gasteiger partial charge in [0.2, 0.25) is 0 Å². The van der Waals surface area contributed by atoms with Gasteiger partial charge >= 0.3 is 5.69 Å². The zero-order valence-electron chi connectivity index (χ0n) is 7.86. The second-order valence-electron chi connectivity index (χ2n) is 3.74. The predicted molar refractivity (Wildman–Crippen MR) is 51.5 cm³/mol. The quantitative estimate of drug-likeness (QED) is 0.579. The van der Waals surface area contributed by atoms with Gasteiger partial charge in [0.25, 0.3) is 0 Å². The molecule has 0 amide bonds. The van der Waals surface area contributed by atoms with Crippen molar-refractivity contribution in [2.24, 2.45) is 0 Å². The van der Waals surface area contributed by atoms with Crippen LogP contribution in [0.25, 0.3) is 0 Å². The molecule has 1 aromatic carbocycles. The van der Waals surface area contributed by atoms with Crippen LogP contribution in [-0.2, 0) is 0 Å². The Morgan fingerprint density at radius 1 is 1.50 bits per heavy atom. The van der Waals surface area contributed by atoms with Crippen LogP contribution < -0.4 is 0 Å². The Morgan fingerprint density at radius 3 is 2.64 bits per heavy atom. The number of nitro groups is 1. The van der Waals surface area contributed by atoms with Gasteiger partial charge in [-0.2, -0.15) is 0 Å². The maximum atomic E-state index is 10.6. The second kappa shape index (κ2) is 2.97. The molecule has 1 N–H and O–H groups in total. The number of phenols is 1. The second-order valence-corrected chi connectivity index (χ2v) is 3.74. The summed E-state index contributed by atoms with van der Waals surface area (Å²) in [6.45, 7) is 1.69. The molecular formula is C10H11NO3. The highest BCUT2D eigenvalue weighted by molar-refractivity contribution is 5.54. The first-order valence-electron chi connectivity index (χ1n) is 4.57. The Labute approximate surface area is 81.3 Å². The Bertz CT molecular complexity index is 397. The summed E-state index contributed by atoms with van der Waals surface area (Å²) in [5, 5.41) is 20.1. The number of aryl methyl sites for hydroxylation is 1. The summed E-state index contributed by atoms with van der Waals surface area (Å²) in [6.07, 6.45) is 2.20. The van der Waals surface area contributed by atoms with Crippen molar-refractivity contribution in [2.45, 2.75) is 25.7 Å². The minimum absolute atomic E-state index is 0.174. The van der Waals surface area contributed by atoms with Crippen molar-refractivity contribution < 1.29 is 10.0 Å². The van der Waals surface area contributed by atoms with Crippen LogP contribution in [0.4, 0.5) is 5.69 Å². The van der Waals surface area contributed by atoms with Gasteiger partial charge in [0, 0.05) is 6.07 Å². The van der Waals surface area contributed by atoms with Crippen LogP contribution in [0.15, 0.2) is 12.1 Å². The first kappa shape index (κ1) is 8.99. The highest BCUT2D eigenvalue weighted by atomic mass is 16.6. The molecule has 2 rings (SSSR count). The lowest BCUT2D eigenvalue weighted by atomic mass is 10.1. The van der Waals surface area contributed by atoms with Crippen molar-refractivity contribution in [3.63, 3.8) is 0 Å². The average Bonchev–Trinajstić information content (AvgIpc) is 2.91. The smallest absolute Gasteiger partial charge is 0.311 e. The summed E-state index contributed by atoms with van der Waals surface area (Å²) in [7, 11) is 0. The standard InChI is InChI=1S/C10H11NO3/c1-6-4-8(7-2-3-7)5-9(10(6)12)11(13)14/h4-5,7,12H,2-3H2,1H3. The molecule has 0 aliphatic heterocycles.